The molecule has 0 aliphatic carbocycles. The molecule has 1 heteroatoms. The SMILES string of the molecule is CCc1ccc(C#CC#Cc2ccc(OC)cc2)cc1. The van der Waals surface area contributed by atoms with Crippen molar-refractivity contribution in [3.8, 4) is 29.4 Å². The lowest BCUT2D eigenvalue weighted by Gasteiger charge is -1.96. The number of benzene rings is 2. The third-order valence-corrected chi connectivity index (χ3v) is 2.93. The van der Waals surface area contributed by atoms with Crippen LogP contribution in [-0.4, -0.2) is 7.11 Å². The second kappa shape index (κ2) is 7.07. The first-order valence-corrected chi connectivity index (χ1v) is 6.57. The van der Waals surface area contributed by atoms with Crippen LogP contribution in [0.15, 0.2) is 48.5 Å². The summed E-state index contributed by atoms with van der Waals surface area (Å²) in [5.41, 5.74) is 3.24. The normalized spacial score (nSPS) is 8.90. The minimum Gasteiger partial charge on any atom is -0.497 e. The van der Waals surface area contributed by atoms with Crippen LogP contribution in [0, 0.1) is 23.7 Å². The number of rotatable bonds is 2. The molecule has 0 aromatic heterocycles. The summed E-state index contributed by atoms with van der Waals surface area (Å²) in [7, 11) is 1.65. The van der Waals surface area contributed by atoms with Gasteiger partial charge in [0, 0.05) is 11.1 Å². The van der Waals surface area contributed by atoms with E-state index in [-0.39, 0.29) is 0 Å². The van der Waals surface area contributed by atoms with E-state index in [2.05, 4.69) is 42.7 Å². The van der Waals surface area contributed by atoms with Crippen LogP contribution in [0.25, 0.3) is 0 Å². The molecule has 0 fully saturated rings. The van der Waals surface area contributed by atoms with Gasteiger partial charge in [-0.05, 0) is 60.2 Å². The fourth-order valence-corrected chi connectivity index (χ4v) is 1.70. The van der Waals surface area contributed by atoms with Gasteiger partial charge in [-0.15, -0.1) is 0 Å². The van der Waals surface area contributed by atoms with Crippen molar-refractivity contribution < 1.29 is 4.74 Å². The summed E-state index contributed by atoms with van der Waals surface area (Å²) in [6.07, 6.45) is 1.05. The monoisotopic (exact) mass is 260 g/mol. The summed E-state index contributed by atoms with van der Waals surface area (Å²) in [5.74, 6) is 12.6. The highest BCUT2D eigenvalue weighted by molar-refractivity contribution is 5.45. The number of aryl methyl sites for hydroxylation is 1. The van der Waals surface area contributed by atoms with Gasteiger partial charge in [0.2, 0.25) is 0 Å². The van der Waals surface area contributed by atoms with E-state index in [9.17, 15) is 0 Å². The van der Waals surface area contributed by atoms with E-state index >= 15 is 0 Å². The molecule has 0 saturated carbocycles. The topological polar surface area (TPSA) is 9.23 Å². The summed E-state index contributed by atoms with van der Waals surface area (Å²) in [4.78, 5) is 0. The van der Waals surface area contributed by atoms with Gasteiger partial charge in [0.1, 0.15) is 5.75 Å². The summed E-state index contributed by atoms with van der Waals surface area (Å²) in [6, 6.07) is 15.9. The second-order valence-electron chi connectivity index (χ2n) is 4.28. The van der Waals surface area contributed by atoms with Gasteiger partial charge >= 0.3 is 0 Å². The molecular formula is C19H16O. The van der Waals surface area contributed by atoms with Gasteiger partial charge in [-0.25, -0.2) is 0 Å². The van der Waals surface area contributed by atoms with E-state index in [4.69, 9.17) is 4.74 Å². The van der Waals surface area contributed by atoms with Crippen molar-refractivity contribution in [3.05, 3.63) is 65.2 Å². The predicted octanol–water partition coefficient (Wildman–Crippen LogP) is 3.66. The Morgan fingerprint density at radius 3 is 1.75 bits per heavy atom. The predicted molar refractivity (Wildman–Crippen MR) is 82.6 cm³/mol. The summed E-state index contributed by atoms with van der Waals surface area (Å²) >= 11 is 0. The zero-order valence-corrected chi connectivity index (χ0v) is 11.7. The largest absolute Gasteiger partial charge is 0.497 e. The average molecular weight is 260 g/mol. The lowest BCUT2D eigenvalue weighted by Crippen LogP contribution is -1.81. The molecule has 0 saturated heterocycles. The molecule has 2 rings (SSSR count). The minimum atomic E-state index is 0.831. The molecule has 0 aliphatic rings. The number of ether oxygens (including phenoxy) is 1. The summed E-state index contributed by atoms with van der Waals surface area (Å²) in [6.45, 7) is 2.14. The maximum Gasteiger partial charge on any atom is 0.118 e. The first-order chi connectivity index (χ1) is 9.81. The first kappa shape index (κ1) is 13.8. The van der Waals surface area contributed by atoms with Gasteiger partial charge in [0.25, 0.3) is 0 Å². The quantitative estimate of drug-likeness (QED) is 0.749. The van der Waals surface area contributed by atoms with Crippen LogP contribution < -0.4 is 4.74 Å². The van der Waals surface area contributed by atoms with Gasteiger partial charge < -0.3 is 4.74 Å². The molecule has 0 atom stereocenters. The Morgan fingerprint density at radius 2 is 1.30 bits per heavy atom. The fraction of sp³-hybridized carbons (Fsp3) is 0.158. The third kappa shape index (κ3) is 3.94. The first-order valence-electron chi connectivity index (χ1n) is 6.57. The Labute approximate surface area is 120 Å². The third-order valence-electron chi connectivity index (χ3n) is 2.93. The van der Waals surface area contributed by atoms with Crippen LogP contribution in [0.1, 0.15) is 23.6 Å². The molecule has 0 aliphatic heterocycles. The van der Waals surface area contributed by atoms with Crippen LogP contribution >= 0.6 is 0 Å². The molecule has 98 valence electrons. The Balaban J connectivity index is 2.04. The van der Waals surface area contributed by atoms with Crippen molar-refractivity contribution in [1.29, 1.82) is 0 Å². The minimum absolute atomic E-state index is 0.831. The van der Waals surface area contributed by atoms with Crippen molar-refractivity contribution in [2.75, 3.05) is 7.11 Å². The molecule has 0 amide bonds. The van der Waals surface area contributed by atoms with E-state index in [0.29, 0.717) is 0 Å². The van der Waals surface area contributed by atoms with Crippen LogP contribution in [0.2, 0.25) is 0 Å². The second-order valence-corrected chi connectivity index (χ2v) is 4.28. The Bertz CT molecular complexity index is 608. The van der Waals surface area contributed by atoms with Crippen molar-refractivity contribution in [1.82, 2.24) is 0 Å². The van der Waals surface area contributed by atoms with Crippen molar-refractivity contribution >= 4 is 0 Å². The standard InChI is InChI=1S/C19H16O/c1-3-16-8-10-17(11-9-16)6-4-5-7-18-12-14-19(20-2)15-13-18/h8-15H,3H2,1-2H3. The highest BCUT2D eigenvalue weighted by Gasteiger charge is 1.89. The van der Waals surface area contributed by atoms with Crippen LogP contribution in [0.4, 0.5) is 0 Å². The molecule has 2 aromatic carbocycles. The Morgan fingerprint density at radius 1 is 0.800 bits per heavy atom. The van der Waals surface area contributed by atoms with Gasteiger partial charge in [0.15, 0.2) is 0 Å². The molecule has 20 heavy (non-hydrogen) atoms. The van der Waals surface area contributed by atoms with Crippen molar-refractivity contribution in [2.24, 2.45) is 0 Å². The molecular weight excluding hydrogens is 244 g/mol. The van der Waals surface area contributed by atoms with E-state index in [1.165, 1.54) is 5.56 Å². The Kier molecular flexibility index (Phi) is 4.87. The van der Waals surface area contributed by atoms with Crippen LogP contribution in [-0.2, 0) is 6.42 Å². The summed E-state index contributed by atoms with van der Waals surface area (Å²) in [5, 5.41) is 0. The van der Waals surface area contributed by atoms with E-state index in [0.717, 1.165) is 23.3 Å². The highest BCUT2D eigenvalue weighted by atomic mass is 16.5. The fourth-order valence-electron chi connectivity index (χ4n) is 1.70. The molecule has 0 heterocycles. The lowest BCUT2D eigenvalue weighted by atomic mass is 10.1. The van der Waals surface area contributed by atoms with Gasteiger partial charge in [-0.1, -0.05) is 30.9 Å². The molecule has 0 radical (unpaired) electrons. The lowest BCUT2D eigenvalue weighted by molar-refractivity contribution is 0.415. The summed E-state index contributed by atoms with van der Waals surface area (Å²) < 4.78 is 5.10. The zero-order valence-electron chi connectivity index (χ0n) is 11.7. The number of hydrogen-bond acceptors (Lipinski definition) is 1. The van der Waals surface area contributed by atoms with Crippen LogP contribution in [0.3, 0.4) is 0 Å². The van der Waals surface area contributed by atoms with Crippen LogP contribution in [0.5, 0.6) is 5.75 Å². The van der Waals surface area contributed by atoms with E-state index < -0.39 is 0 Å². The number of methoxy groups -OCH3 is 1. The van der Waals surface area contributed by atoms with Gasteiger partial charge in [0.05, 0.1) is 7.11 Å². The van der Waals surface area contributed by atoms with Crippen molar-refractivity contribution in [3.63, 3.8) is 0 Å². The van der Waals surface area contributed by atoms with E-state index in [1.807, 2.05) is 36.4 Å². The average Bonchev–Trinajstić information content (AvgIpc) is 2.53. The maximum absolute atomic E-state index is 5.10. The van der Waals surface area contributed by atoms with Crippen molar-refractivity contribution in [2.45, 2.75) is 13.3 Å². The molecule has 0 spiro atoms. The zero-order chi connectivity index (χ0) is 14.2. The molecule has 0 unspecified atom stereocenters. The molecule has 0 bridgehead atoms. The maximum atomic E-state index is 5.10. The number of hydrogen-bond donors (Lipinski definition) is 0. The van der Waals surface area contributed by atoms with E-state index in [1.54, 1.807) is 7.11 Å². The molecule has 1 nitrogen and oxygen atoms in total. The molecule has 0 N–H and O–H groups in total. The smallest absolute Gasteiger partial charge is 0.118 e. The van der Waals surface area contributed by atoms with Gasteiger partial charge in [-0.2, -0.15) is 0 Å². The molecule has 2 aromatic rings. The Hall–Kier alpha value is -2.64. The van der Waals surface area contributed by atoms with Gasteiger partial charge in [-0.3, -0.25) is 0 Å². The highest BCUT2D eigenvalue weighted by Crippen LogP contribution is 2.10.